The van der Waals surface area contributed by atoms with E-state index in [1.807, 2.05) is 6.07 Å². The van der Waals surface area contributed by atoms with E-state index < -0.39 is 5.97 Å². The Morgan fingerprint density at radius 2 is 2.26 bits per heavy atom. The highest BCUT2D eigenvalue weighted by Crippen LogP contribution is 2.38. The van der Waals surface area contributed by atoms with Gasteiger partial charge in [-0.15, -0.1) is 0 Å². The number of halogens is 1. The molecule has 0 fully saturated rings. The fourth-order valence-electron chi connectivity index (χ4n) is 3.42. The van der Waals surface area contributed by atoms with Crippen molar-refractivity contribution in [2.45, 2.75) is 40.0 Å². The summed E-state index contributed by atoms with van der Waals surface area (Å²) in [5.74, 6) is -0.457. The molecular formula is C18H21FN2O2. The van der Waals surface area contributed by atoms with Gasteiger partial charge in [0.2, 0.25) is 0 Å². The molecule has 0 aliphatic heterocycles. The van der Waals surface area contributed by atoms with Gasteiger partial charge in [-0.2, -0.15) is 0 Å². The lowest BCUT2D eigenvalue weighted by Gasteiger charge is -2.34. The first-order valence-corrected chi connectivity index (χ1v) is 7.85. The standard InChI is InChI=1S/C18H21FN2O2/c1-5-12-15-14(21-16(12)17(22)23-19)9-10-8-11(18(2,3)4)6-7-13(10)20-15/h5,9,11,21H,1,6-8H2,2-4H3. The first-order chi connectivity index (χ1) is 10.8. The Morgan fingerprint density at radius 3 is 2.87 bits per heavy atom. The SMILES string of the molecule is C=Cc1c(C(=O)OF)[nH]c2cc3c(nc12)CCC(C(C)(C)C)C3. The molecule has 2 aromatic heterocycles. The molecule has 0 saturated carbocycles. The number of aryl methyl sites for hydroxylation is 1. The third-order valence-corrected chi connectivity index (χ3v) is 4.87. The largest absolute Gasteiger partial charge is 0.396 e. The molecule has 0 aromatic carbocycles. The number of hydrogen-bond donors (Lipinski definition) is 1. The third kappa shape index (κ3) is 2.64. The van der Waals surface area contributed by atoms with Crippen molar-refractivity contribution >= 4 is 23.1 Å². The highest BCUT2D eigenvalue weighted by atomic mass is 19.3. The zero-order valence-electron chi connectivity index (χ0n) is 13.7. The number of hydrogen-bond acceptors (Lipinski definition) is 3. The van der Waals surface area contributed by atoms with Gasteiger partial charge in [0.05, 0.1) is 11.0 Å². The summed E-state index contributed by atoms with van der Waals surface area (Å²) in [4.78, 5) is 22.5. The summed E-state index contributed by atoms with van der Waals surface area (Å²) in [7, 11) is 0. The lowest BCUT2D eigenvalue weighted by molar-refractivity contribution is -0.0792. The van der Waals surface area contributed by atoms with Crippen molar-refractivity contribution in [1.29, 1.82) is 0 Å². The summed E-state index contributed by atoms with van der Waals surface area (Å²) in [5, 5.41) is 0. The lowest BCUT2D eigenvalue weighted by atomic mass is 9.71. The molecule has 2 heterocycles. The van der Waals surface area contributed by atoms with Crippen LogP contribution in [0, 0.1) is 11.3 Å². The van der Waals surface area contributed by atoms with Crippen LogP contribution in [0.1, 0.15) is 54.5 Å². The molecule has 0 radical (unpaired) electrons. The van der Waals surface area contributed by atoms with Crippen molar-refractivity contribution in [3.8, 4) is 0 Å². The molecular weight excluding hydrogens is 295 g/mol. The molecule has 122 valence electrons. The fraction of sp³-hybridized carbons (Fsp3) is 0.444. The predicted octanol–water partition coefficient (Wildman–Crippen LogP) is 4.40. The molecule has 0 spiro atoms. The first kappa shape index (κ1) is 15.7. The average molecular weight is 316 g/mol. The average Bonchev–Trinajstić information content (AvgIpc) is 2.87. The molecule has 4 nitrogen and oxygen atoms in total. The number of nitrogens with zero attached hydrogens (tertiary/aromatic N) is 1. The second-order valence-corrected chi connectivity index (χ2v) is 7.28. The number of aromatic nitrogens is 2. The number of aromatic amines is 1. The monoisotopic (exact) mass is 316 g/mol. The van der Waals surface area contributed by atoms with Crippen LogP contribution in [0.5, 0.6) is 0 Å². The van der Waals surface area contributed by atoms with E-state index in [1.165, 1.54) is 11.6 Å². The van der Waals surface area contributed by atoms with E-state index in [-0.39, 0.29) is 11.1 Å². The van der Waals surface area contributed by atoms with E-state index in [9.17, 15) is 9.32 Å². The van der Waals surface area contributed by atoms with Crippen LogP contribution in [0.15, 0.2) is 12.6 Å². The summed E-state index contributed by atoms with van der Waals surface area (Å²) in [5.41, 5.74) is 4.41. The molecule has 0 saturated heterocycles. The summed E-state index contributed by atoms with van der Waals surface area (Å²) in [6.45, 7) is 10.5. The predicted molar refractivity (Wildman–Crippen MR) is 87.7 cm³/mol. The van der Waals surface area contributed by atoms with Gasteiger partial charge in [-0.25, -0.2) is 9.74 Å². The van der Waals surface area contributed by atoms with E-state index in [4.69, 9.17) is 4.98 Å². The maximum atomic E-state index is 12.3. The summed E-state index contributed by atoms with van der Waals surface area (Å²) >= 11 is 0. The van der Waals surface area contributed by atoms with E-state index in [2.05, 4.69) is 37.3 Å². The smallest absolute Gasteiger partial charge is 0.347 e. The van der Waals surface area contributed by atoms with E-state index >= 15 is 0 Å². The number of pyridine rings is 1. The number of H-pyrrole nitrogens is 1. The fourth-order valence-corrected chi connectivity index (χ4v) is 3.42. The topological polar surface area (TPSA) is 55.0 Å². The molecule has 1 aliphatic carbocycles. The molecule has 3 rings (SSSR count). The van der Waals surface area contributed by atoms with Crippen LogP contribution in [-0.2, 0) is 17.8 Å². The molecule has 0 bridgehead atoms. The van der Waals surface area contributed by atoms with E-state index in [0.29, 0.717) is 22.5 Å². The normalized spacial score (nSPS) is 17.8. The molecule has 1 atom stereocenters. The van der Waals surface area contributed by atoms with Crippen LogP contribution in [0.25, 0.3) is 17.1 Å². The van der Waals surface area contributed by atoms with Gasteiger partial charge in [0.15, 0.2) is 0 Å². The van der Waals surface area contributed by atoms with Crippen LogP contribution >= 0.6 is 0 Å². The van der Waals surface area contributed by atoms with Gasteiger partial charge in [0.1, 0.15) is 5.69 Å². The number of rotatable bonds is 2. The molecule has 5 heteroatoms. The first-order valence-electron chi connectivity index (χ1n) is 7.85. The summed E-state index contributed by atoms with van der Waals surface area (Å²) < 4.78 is 12.3. The quantitative estimate of drug-likeness (QED) is 0.893. The molecule has 1 unspecified atom stereocenters. The van der Waals surface area contributed by atoms with Gasteiger partial charge >= 0.3 is 5.97 Å². The van der Waals surface area contributed by atoms with Crippen molar-refractivity contribution in [1.82, 2.24) is 9.97 Å². The van der Waals surface area contributed by atoms with Gasteiger partial charge in [-0.05, 0) is 42.2 Å². The Labute approximate surface area is 134 Å². The van der Waals surface area contributed by atoms with Crippen LogP contribution in [0.2, 0.25) is 0 Å². The molecule has 1 aliphatic rings. The van der Waals surface area contributed by atoms with Crippen LogP contribution in [0.4, 0.5) is 4.53 Å². The van der Waals surface area contributed by atoms with E-state index in [1.54, 1.807) is 0 Å². The number of carbonyl (C=O) groups excluding carboxylic acids is 1. The van der Waals surface area contributed by atoms with Crippen molar-refractivity contribution in [2.75, 3.05) is 0 Å². The van der Waals surface area contributed by atoms with Crippen LogP contribution < -0.4 is 0 Å². The van der Waals surface area contributed by atoms with Gasteiger partial charge in [0, 0.05) is 15.8 Å². The zero-order valence-corrected chi connectivity index (χ0v) is 13.7. The molecule has 1 N–H and O–H groups in total. The van der Waals surface area contributed by atoms with Gasteiger partial charge < -0.3 is 4.98 Å². The Hall–Kier alpha value is -2.17. The van der Waals surface area contributed by atoms with Crippen molar-refractivity contribution < 1.29 is 14.3 Å². The minimum absolute atomic E-state index is 0.0553. The minimum atomic E-state index is -1.05. The maximum absolute atomic E-state index is 12.3. The van der Waals surface area contributed by atoms with Gasteiger partial charge in [-0.1, -0.05) is 33.4 Å². The van der Waals surface area contributed by atoms with Crippen molar-refractivity contribution in [3.05, 3.63) is 35.2 Å². The van der Waals surface area contributed by atoms with Gasteiger partial charge in [-0.3, -0.25) is 4.98 Å². The number of carbonyl (C=O) groups is 1. The second kappa shape index (κ2) is 5.48. The maximum Gasteiger partial charge on any atom is 0.396 e. The highest BCUT2D eigenvalue weighted by molar-refractivity contribution is 6.00. The molecule has 23 heavy (non-hydrogen) atoms. The van der Waals surface area contributed by atoms with Crippen molar-refractivity contribution in [2.24, 2.45) is 11.3 Å². The molecule has 2 aromatic rings. The van der Waals surface area contributed by atoms with Crippen LogP contribution in [0.3, 0.4) is 0 Å². The number of fused-ring (bicyclic) bond motifs is 2. The third-order valence-electron chi connectivity index (χ3n) is 4.87. The zero-order chi connectivity index (χ0) is 16.8. The minimum Gasteiger partial charge on any atom is -0.347 e. The summed E-state index contributed by atoms with van der Waals surface area (Å²) in [6.07, 6.45) is 4.48. The molecule has 0 amide bonds. The Balaban J connectivity index is 2.10. The number of nitrogens with one attached hydrogen (secondary N) is 1. The van der Waals surface area contributed by atoms with Gasteiger partial charge in [0.25, 0.3) is 0 Å². The van der Waals surface area contributed by atoms with Crippen molar-refractivity contribution in [3.63, 3.8) is 0 Å². The Kier molecular flexibility index (Phi) is 3.74. The lowest BCUT2D eigenvalue weighted by Crippen LogP contribution is -2.27. The Morgan fingerprint density at radius 1 is 1.52 bits per heavy atom. The Bertz CT molecular complexity index is 786. The van der Waals surface area contributed by atoms with Crippen LogP contribution in [-0.4, -0.2) is 15.9 Å². The highest BCUT2D eigenvalue weighted by Gasteiger charge is 2.30. The summed E-state index contributed by atoms with van der Waals surface area (Å²) in [6, 6.07) is 2.03. The second-order valence-electron chi connectivity index (χ2n) is 7.28. The van der Waals surface area contributed by atoms with E-state index in [0.717, 1.165) is 25.0 Å².